The number of benzene rings is 1. The van der Waals surface area contributed by atoms with Gasteiger partial charge in [-0.2, -0.15) is 0 Å². The molecule has 19 heavy (non-hydrogen) atoms. The van der Waals surface area contributed by atoms with Gasteiger partial charge < -0.3 is 19.6 Å². The first-order valence-corrected chi connectivity index (χ1v) is 5.22. The van der Waals surface area contributed by atoms with E-state index in [2.05, 4.69) is 4.98 Å². The highest BCUT2D eigenvalue weighted by Crippen LogP contribution is 2.35. The third kappa shape index (κ3) is 2.76. The van der Waals surface area contributed by atoms with Gasteiger partial charge in [0.1, 0.15) is 12.0 Å². The Morgan fingerprint density at radius 3 is 2.74 bits per heavy atom. The summed E-state index contributed by atoms with van der Waals surface area (Å²) in [5.74, 6) is -0.772. The molecule has 0 fully saturated rings. The number of nitro groups is 1. The molecule has 0 saturated carbocycles. The molecule has 2 aromatic rings. The van der Waals surface area contributed by atoms with Crippen LogP contribution in [0, 0.1) is 15.9 Å². The molecule has 0 unspecified atom stereocenters. The highest BCUT2D eigenvalue weighted by molar-refractivity contribution is 5.47. The van der Waals surface area contributed by atoms with Crippen molar-refractivity contribution in [1.82, 2.24) is 4.98 Å². The molecule has 0 spiro atoms. The molecule has 0 atom stereocenters. The van der Waals surface area contributed by atoms with Crippen molar-refractivity contribution in [3.63, 3.8) is 0 Å². The summed E-state index contributed by atoms with van der Waals surface area (Å²) in [6, 6.07) is 6.50. The van der Waals surface area contributed by atoms with Gasteiger partial charge in [0.15, 0.2) is 11.5 Å². The Kier molecular flexibility index (Phi) is 3.56. The number of aromatic nitrogens is 1. The quantitative estimate of drug-likeness (QED) is 0.627. The summed E-state index contributed by atoms with van der Waals surface area (Å²) >= 11 is 0. The van der Waals surface area contributed by atoms with E-state index < -0.39 is 16.6 Å². The van der Waals surface area contributed by atoms with E-state index in [-0.39, 0.29) is 17.2 Å². The maximum Gasteiger partial charge on any atom is 0.406 e. The number of ether oxygens (including phenoxy) is 2. The molecule has 1 aromatic heterocycles. The van der Waals surface area contributed by atoms with Crippen LogP contribution in [0.25, 0.3) is 0 Å². The molecule has 0 bridgehead atoms. The molecule has 1 heterocycles. The van der Waals surface area contributed by atoms with E-state index in [0.717, 1.165) is 6.07 Å². The number of methoxy groups -OCH3 is 1. The van der Waals surface area contributed by atoms with E-state index in [4.69, 9.17) is 9.47 Å². The van der Waals surface area contributed by atoms with E-state index >= 15 is 0 Å². The molecule has 0 amide bonds. The standard InChI is InChI=1S/C12H9FN2O4/c1-18-9-5-4-8(13)7-11(9)19-10-3-2-6-14-12(10)15(16)17/h2-7H,1H3. The monoisotopic (exact) mass is 264 g/mol. The summed E-state index contributed by atoms with van der Waals surface area (Å²) in [6.07, 6.45) is 1.27. The smallest absolute Gasteiger partial charge is 0.406 e. The predicted molar refractivity (Wildman–Crippen MR) is 63.9 cm³/mol. The van der Waals surface area contributed by atoms with Crippen molar-refractivity contribution >= 4 is 5.82 Å². The SMILES string of the molecule is COc1ccc(F)cc1Oc1cccnc1[N+](=O)[O-]. The van der Waals surface area contributed by atoms with Gasteiger partial charge in [0.05, 0.1) is 7.11 Å². The highest BCUT2D eigenvalue weighted by Gasteiger charge is 2.18. The first-order chi connectivity index (χ1) is 9.11. The van der Waals surface area contributed by atoms with Gasteiger partial charge in [-0.05, 0) is 34.2 Å². The fraction of sp³-hybridized carbons (Fsp3) is 0.0833. The topological polar surface area (TPSA) is 74.5 Å². The fourth-order valence-corrected chi connectivity index (χ4v) is 1.45. The molecule has 0 N–H and O–H groups in total. The Balaban J connectivity index is 2.41. The summed E-state index contributed by atoms with van der Waals surface area (Å²) in [5.41, 5.74) is 0. The lowest BCUT2D eigenvalue weighted by molar-refractivity contribution is -0.390. The summed E-state index contributed by atoms with van der Waals surface area (Å²) < 4.78 is 23.5. The van der Waals surface area contributed by atoms with Crippen molar-refractivity contribution in [3.05, 3.63) is 52.5 Å². The minimum atomic E-state index is -0.679. The van der Waals surface area contributed by atoms with Crippen molar-refractivity contribution in [2.24, 2.45) is 0 Å². The minimum absolute atomic E-state index is 0.0404. The largest absolute Gasteiger partial charge is 0.493 e. The lowest BCUT2D eigenvalue weighted by atomic mass is 10.3. The van der Waals surface area contributed by atoms with E-state index in [1.807, 2.05) is 0 Å². The molecule has 0 aliphatic carbocycles. The molecule has 0 saturated heterocycles. The summed E-state index contributed by atoms with van der Waals surface area (Å²) in [4.78, 5) is 13.7. The van der Waals surface area contributed by atoms with Crippen molar-refractivity contribution in [1.29, 1.82) is 0 Å². The lowest BCUT2D eigenvalue weighted by Gasteiger charge is -2.09. The summed E-state index contributed by atoms with van der Waals surface area (Å²) in [5, 5.41) is 10.8. The van der Waals surface area contributed by atoms with Crippen LogP contribution in [-0.2, 0) is 0 Å². The molecule has 2 rings (SSSR count). The maximum absolute atomic E-state index is 13.2. The van der Waals surface area contributed by atoms with E-state index in [1.54, 1.807) is 0 Å². The fourth-order valence-electron chi connectivity index (χ4n) is 1.45. The van der Waals surface area contributed by atoms with E-state index in [9.17, 15) is 14.5 Å². The van der Waals surface area contributed by atoms with Crippen LogP contribution in [0.15, 0.2) is 36.5 Å². The van der Waals surface area contributed by atoms with Crippen LogP contribution in [0.4, 0.5) is 10.2 Å². The number of rotatable bonds is 4. The van der Waals surface area contributed by atoms with E-state index in [1.165, 1.54) is 37.6 Å². The zero-order valence-electron chi connectivity index (χ0n) is 9.87. The molecular formula is C12H9FN2O4. The van der Waals surface area contributed by atoms with Crippen LogP contribution in [0.3, 0.4) is 0 Å². The first-order valence-electron chi connectivity index (χ1n) is 5.22. The zero-order valence-corrected chi connectivity index (χ0v) is 9.87. The zero-order chi connectivity index (χ0) is 13.8. The third-order valence-electron chi connectivity index (χ3n) is 2.27. The number of pyridine rings is 1. The van der Waals surface area contributed by atoms with Crippen molar-refractivity contribution in [3.8, 4) is 17.2 Å². The molecular weight excluding hydrogens is 255 g/mol. The predicted octanol–water partition coefficient (Wildman–Crippen LogP) is 2.93. The van der Waals surface area contributed by atoms with Crippen LogP contribution < -0.4 is 9.47 Å². The van der Waals surface area contributed by atoms with Gasteiger partial charge in [-0.15, -0.1) is 0 Å². The Bertz CT molecular complexity index is 618. The second-order valence-electron chi connectivity index (χ2n) is 3.48. The molecule has 0 aliphatic heterocycles. The average Bonchev–Trinajstić information content (AvgIpc) is 2.39. The Hall–Kier alpha value is -2.70. The number of hydrogen-bond acceptors (Lipinski definition) is 5. The van der Waals surface area contributed by atoms with Crippen molar-refractivity contribution < 1.29 is 18.8 Å². The molecule has 6 nitrogen and oxygen atoms in total. The second-order valence-corrected chi connectivity index (χ2v) is 3.48. The molecule has 1 aromatic carbocycles. The van der Waals surface area contributed by atoms with Gasteiger partial charge >= 0.3 is 5.82 Å². The van der Waals surface area contributed by atoms with Crippen LogP contribution in [0.5, 0.6) is 17.2 Å². The average molecular weight is 264 g/mol. The van der Waals surface area contributed by atoms with Gasteiger partial charge in [0, 0.05) is 6.07 Å². The Morgan fingerprint density at radius 2 is 2.05 bits per heavy atom. The van der Waals surface area contributed by atoms with Crippen molar-refractivity contribution in [2.45, 2.75) is 0 Å². The van der Waals surface area contributed by atoms with Crippen molar-refractivity contribution in [2.75, 3.05) is 7.11 Å². The highest BCUT2D eigenvalue weighted by atomic mass is 19.1. The van der Waals surface area contributed by atoms with Gasteiger partial charge in [-0.3, -0.25) is 0 Å². The lowest BCUT2D eigenvalue weighted by Crippen LogP contribution is -1.97. The maximum atomic E-state index is 13.2. The Morgan fingerprint density at radius 1 is 1.26 bits per heavy atom. The van der Waals surface area contributed by atoms with Crippen LogP contribution in [0.1, 0.15) is 0 Å². The third-order valence-corrected chi connectivity index (χ3v) is 2.27. The molecule has 0 aliphatic rings. The number of nitrogens with zero attached hydrogens (tertiary/aromatic N) is 2. The van der Waals surface area contributed by atoms with Crippen LogP contribution >= 0.6 is 0 Å². The number of hydrogen-bond donors (Lipinski definition) is 0. The van der Waals surface area contributed by atoms with Gasteiger partial charge in [-0.25, -0.2) is 4.39 Å². The summed E-state index contributed by atoms with van der Waals surface area (Å²) in [6.45, 7) is 0. The van der Waals surface area contributed by atoms with Crippen LogP contribution in [0.2, 0.25) is 0 Å². The second kappa shape index (κ2) is 5.30. The molecule has 98 valence electrons. The molecule has 7 heteroatoms. The van der Waals surface area contributed by atoms with Gasteiger partial charge in [0.25, 0.3) is 0 Å². The first kappa shape index (κ1) is 12.7. The minimum Gasteiger partial charge on any atom is -0.493 e. The van der Waals surface area contributed by atoms with Crippen LogP contribution in [-0.4, -0.2) is 17.0 Å². The van der Waals surface area contributed by atoms with E-state index in [0.29, 0.717) is 0 Å². The Labute approximate surface area is 107 Å². The van der Waals surface area contributed by atoms with Gasteiger partial charge in [0.2, 0.25) is 5.75 Å². The van der Waals surface area contributed by atoms with Gasteiger partial charge in [-0.1, -0.05) is 0 Å². The number of halogens is 1. The molecule has 0 radical (unpaired) electrons. The summed E-state index contributed by atoms with van der Waals surface area (Å²) in [7, 11) is 1.39. The normalized spacial score (nSPS) is 10.0.